The molecule has 3 rings (SSSR count). The fourth-order valence-corrected chi connectivity index (χ4v) is 2.76. The van der Waals surface area contributed by atoms with E-state index in [-0.39, 0.29) is 5.57 Å². The van der Waals surface area contributed by atoms with Crippen LogP contribution in [0.1, 0.15) is 36.3 Å². The van der Waals surface area contributed by atoms with Crippen LogP contribution < -0.4 is 5.32 Å². The first kappa shape index (κ1) is 16.4. The Balaban J connectivity index is 1.78. The highest BCUT2D eigenvalue weighted by Crippen LogP contribution is 2.47. The van der Waals surface area contributed by atoms with Crippen molar-refractivity contribution in [3.8, 4) is 6.07 Å². The first-order valence-electron chi connectivity index (χ1n) is 7.77. The van der Waals surface area contributed by atoms with E-state index in [0.717, 1.165) is 17.7 Å². The second kappa shape index (κ2) is 6.54. The van der Waals surface area contributed by atoms with Gasteiger partial charge in [-0.3, -0.25) is 4.79 Å². The van der Waals surface area contributed by atoms with Crippen LogP contribution in [-0.4, -0.2) is 5.91 Å². The molecule has 1 aromatic heterocycles. The van der Waals surface area contributed by atoms with Crippen LogP contribution in [0.4, 0.5) is 5.69 Å². The van der Waals surface area contributed by atoms with Gasteiger partial charge >= 0.3 is 0 Å². The number of furan rings is 1. The van der Waals surface area contributed by atoms with Gasteiger partial charge < -0.3 is 9.73 Å². The van der Waals surface area contributed by atoms with Gasteiger partial charge in [-0.1, -0.05) is 24.6 Å². The van der Waals surface area contributed by atoms with E-state index in [1.54, 1.807) is 24.3 Å². The maximum absolute atomic E-state index is 12.3. The Morgan fingerprint density at radius 3 is 2.83 bits per heavy atom. The first-order valence-corrected chi connectivity index (χ1v) is 8.15. The molecule has 0 radical (unpaired) electrons. The Kier molecular flexibility index (Phi) is 4.46. The number of nitrogens with zero attached hydrogens (tertiary/aromatic N) is 1. The number of hydrogen-bond acceptors (Lipinski definition) is 3. The molecule has 0 aliphatic heterocycles. The molecule has 1 N–H and O–H groups in total. The summed E-state index contributed by atoms with van der Waals surface area (Å²) in [5, 5.41) is 12.6. The summed E-state index contributed by atoms with van der Waals surface area (Å²) >= 11 is 6.04. The topological polar surface area (TPSA) is 66.0 Å². The van der Waals surface area contributed by atoms with Crippen LogP contribution in [-0.2, 0) is 4.79 Å². The van der Waals surface area contributed by atoms with Gasteiger partial charge in [0.2, 0.25) is 0 Å². The number of halogens is 1. The van der Waals surface area contributed by atoms with Crippen LogP contribution in [0, 0.1) is 24.2 Å². The standard InChI is InChI=1S/C19H17ClN2O2/c1-11-8-15(11)18-7-6-14(24-18)9-13(10-21)19(23)22-17-5-3-4-16(20)12(17)2/h3-7,9,11,15H,8H2,1-2H3,(H,22,23)/b13-9+/t11-,15-/m0/s1. The average molecular weight is 341 g/mol. The van der Waals surface area contributed by atoms with E-state index >= 15 is 0 Å². The highest BCUT2D eigenvalue weighted by atomic mass is 35.5. The summed E-state index contributed by atoms with van der Waals surface area (Å²) in [4.78, 5) is 12.3. The lowest BCUT2D eigenvalue weighted by Crippen LogP contribution is -2.14. The SMILES string of the molecule is Cc1c(Cl)cccc1NC(=O)/C(C#N)=C/c1ccc([C@H]2C[C@@H]2C)o1. The van der Waals surface area contributed by atoms with Crippen molar-refractivity contribution in [3.05, 3.63) is 58.0 Å². The van der Waals surface area contributed by atoms with E-state index in [9.17, 15) is 10.1 Å². The minimum absolute atomic E-state index is 0.0147. The Hall–Kier alpha value is -2.51. The molecule has 1 aliphatic carbocycles. The lowest BCUT2D eigenvalue weighted by Gasteiger charge is -2.08. The van der Waals surface area contributed by atoms with Crippen molar-refractivity contribution in [2.75, 3.05) is 5.32 Å². The van der Waals surface area contributed by atoms with Crippen molar-refractivity contribution >= 4 is 29.3 Å². The van der Waals surface area contributed by atoms with E-state index < -0.39 is 5.91 Å². The number of nitrogens with one attached hydrogen (secondary N) is 1. The summed E-state index contributed by atoms with van der Waals surface area (Å²) in [6.45, 7) is 3.98. The van der Waals surface area contributed by atoms with Crippen LogP contribution in [0.15, 0.2) is 40.3 Å². The fourth-order valence-electron chi connectivity index (χ4n) is 2.59. The Morgan fingerprint density at radius 1 is 1.42 bits per heavy atom. The summed E-state index contributed by atoms with van der Waals surface area (Å²) in [6, 6.07) is 10.9. The monoisotopic (exact) mass is 340 g/mol. The fraction of sp³-hybridized carbons (Fsp3) is 0.263. The van der Waals surface area contributed by atoms with Gasteiger partial charge in [-0.25, -0.2) is 0 Å². The zero-order chi connectivity index (χ0) is 17.3. The van der Waals surface area contributed by atoms with Gasteiger partial charge in [-0.2, -0.15) is 5.26 Å². The molecular formula is C19H17ClN2O2. The summed E-state index contributed by atoms with van der Waals surface area (Å²) in [5.74, 6) is 2.04. The molecule has 0 unspecified atom stereocenters. The second-order valence-corrected chi connectivity index (χ2v) is 6.50. The number of carbonyl (C=O) groups excluding carboxylic acids is 1. The summed E-state index contributed by atoms with van der Waals surface area (Å²) in [6.07, 6.45) is 2.59. The highest BCUT2D eigenvalue weighted by Gasteiger charge is 2.36. The predicted molar refractivity (Wildman–Crippen MR) is 93.6 cm³/mol. The van der Waals surface area contributed by atoms with E-state index in [1.807, 2.05) is 19.1 Å². The molecule has 2 atom stereocenters. The lowest BCUT2D eigenvalue weighted by molar-refractivity contribution is -0.112. The molecule has 1 heterocycles. The van der Waals surface area contributed by atoms with Gasteiger partial charge in [0.25, 0.3) is 5.91 Å². The van der Waals surface area contributed by atoms with Crippen LogP contribution >= 0.6 is 11.6 Å². The molecule has 1 aliphatic rings. The van der Waals surface area contributed by atoms with Crippen molar-refractivity contribution < 1.29 is 9.21 Å². The van der Waals surface area contributed by atoms with Crippen molar-refractivity contribution in [1.82, 2.24) is 0 Å². The third-order valence-electron chi connectivity index (χ3n) is 4.29. The van der Waals surface area contributed by atoms with Crippen molar-refractivity contribution in [2.24, 2.45) is 5.92 Å². The molecule has 4 nitrogen and oxygen atoms in total. The Morgan fingerprint density at radius 2 is 2.17 bits per heavy atom. The number of benzene rings is 1. The molecule has 1 saturated carbocycles. The number of hydrogen-bond donors (Lipinski definition) is 1. The van der Waals surface area contributed by atoms with Gasteiger partial charge in [0.15, 0.2) is 0 Å². The largest absolute Gasteiger partial charge is 0.461 e. The van der Waals surface area contributed by atoms with Gasteiger partial charge in [0.05, 0.1) is 0 Å². The van der Waals surface area contributed by atoms with Crippen molar-refractivity contribution in [2.45, 2.75) is 26.2 Å². The molecule has 1 fully saturated rings. The summed E-state index contributed by atoms with van der Waals surface area (Å²) < 4.78 is 5.72. The van der Waals surface area contributed by atoms with Crippen molar-refractivity contribution in [1.29, 1.82) is 5.26 Å². The molecule has 24 heavy (non-hydrogen) atoms. The quantitative estimate of drug-likeness (QED) is 0.635. The maximum Gasteiger partial charge on any atom is 0.266 e. The maximum atomic E-state index is 12.3. The Labute approximate surface area is 145 Å². The second-order valence-electron chi connectivity index (χ2n) is 6.10. The van der Waals surface area contributed by atoms with Gasteiger partial charge in [0.1, 0.15) is 23.2 Å². The van der Waals surface area contributed by atoms with Gasteiger partial charge in [-0.15, -0.1) is 0 Å². The predicted octanol–water partition coefficient (Wildman–Crippen LogP) is 4.91. The Bertz CT molecular complexity index is 860. The molecule has 0 bridgehead atoms. The third-order valence-corrected chi connectivity index (χ3v) is 4.70. The number of rotatable bonds is 4. The smallest absolute Gasteiger partial charge is 0.266 e. The average Bonchev–Trinajstić information content (AvgIpc) is 3.10. The normalized spacial score (nSPS) is 19.7. The molecule has 122 valence electrons. The lowest BCUT2D eigenvalue weighted by atomic mass is 10.1. The molecule has 0 saturated heterocycles. The molecule has 5 heteroatoms. The summed E-state index contributed by atoms with van der Waals surface area (Å²) in [5.41, 5.74) is 1.33. The first-order chi connectivity index (χ1) is 11.5. The van der Waals surface area contributed by atoms with E-state index in [0.29, 0.717) is 28.3 Å². The number of nitriles is 1. The van der Waals surface area contributed by atoms with Crippen LogP contribution in [0.25, 0.3) is 6.08 Å². The highest BCUT2D eigenvalue weighted by molar-refractivity contribution is 6.31. The number of anilines is 1. The van der Waals surface area contributed by atoms with Crippen LogP contribution in [0.5, 0.6) is 0 Å². The minimum atomic E-state index is -0.486. The third kappa shape index (κ3) is 3.37. The number of amides is 1. The molecule has 1 aromatic carbocycles. The molecule has 0 spiro atoms. The molecule has 1 amide bonds. The van der Waals surface area contributed by atoms with Gasteiger partial charge in [-0.05, 0) is 49.1 Å². The summed E-state index contributed by atoms with van der Waals surface area (Å²) in [7, 11) is 0. The van der Waals surface area contributed by atoms with Gasteiger partial charge in [0, 0.05) is 22.7 Å². The zero-order valence-corrected chi connectivity index (χ0v) is 14.2. The van der Waals surface area contributed by atoms with Crippen LogP contribution in [0.3, 0.4) is 0 Å². The molecular weight excluding hydrogens is 324 g/mol. The van der Waals surface area contributed by atoms with E-state index in [4.69, 9.17) is 16.0 Å². The zero-order valence-electron chi connectivity index (χ0n) is 13.5. The van der Waals surface area contributed by atoms with Crippen molar-refractivity contribution in [3.63, 3.8) is 0 Å². The van der Waals surface area contributed by atoms with E-state index in [2.05, 4.69) is 12.2 Å². The minimum Gasteiger partial charge on any atom is -0.461 e. The number of carbonyl (C=O) groups is 1. The van der Waals surface area contributed by atoms with E-state index in [1.165, 1.54) is 6.08 Å². The van der Waals surface area contributed by atoms with Crippen LogP contribution in [0.2, 0.25) is 5.02 Å². The molecule has 2 aromatic rings.